The van der Waals surface area contributed by atoms with E-state index in [0.29, 0.717) is 10.5 Å². The van der Waals surface area contributed by atoms with Gasteiger partial charge in [0.25, 0.3) is 5.91 Å². The molecule has 0 fully saturated rings. The quantitative estimate of drug-likeness (QED) is 0.893. The first-order valence-electron chi connectivity index (χ1n) is 6.89. The number of anilines is 1. The Morgan fingerprint density at radius 1 is 1.17 bits per heavy atom. The first-order valence-corrected chi connectivity index (χ1v) is 6.89. The highest BCUT2D eigenvalue weighted by Gasteiger charge is 2.31. The van der Waals surface area contributed by atoms with Crippen LogP contribution in [-0.4, -0.2) is 42.1 Å². The second kappa shape index (κ2) is 6.89. The van der Waals surface area contributed by atoms with Crippen LogP contribution in [0.4, 0.5) is 23.7 Å². The number of alkyl halides is 3. The van der Waals surface area contributed by atoms with Gasteiger partial charge in [0.15, 0.2) is 0 Å². The second-order valence-corrected chi connectivity index (χ2v) is 6.19. The lowest BCUT2D eigenvalue weighted by molar-refractivity contribution is -0.137. The normalized spacial score (nSPS) is 11.8. The lowest BCUT2D eigenvalue weighted by Gasteiger charge is -2.21. The number of benzene rings is 1. The molecule has 0 saturated carbocycles. The number of hydrogen-bond donors (Lipinski definition) is 2. The maximum Gasteiger partial charge on any atom is 0.406 e. The van der Waals surface area contributed by atoms with Crippen molar-refractivity contribution in [3.63, 3.8) is 0 Å². The largest absolute Gasteiger partial charge is 0.406 e. The van der Waals surface area contributed by atoms with E-state index in [-0.39, 0.29) is 11.6 Å². The number of nitrogens with one attached hydrogen (secondary N) is 2. The molecule has 1 aromatic carbocycles. The van der Waals surface area contributed by atoms with Gasteiger partial charge in [0.1, 0.15) is 6.54 Å². The summed E-state index contributed by atoms with van der Waals surface area (Å²) in [6, 6.07) is 5.08. The topological polar surface area (TPSA) is 61.4 Å². The predicted octanol–water partition coefficient (Wildman–Crippen LogP) is 3.24. The lowest BCUT2D eigenvalue weighted by Crippen LogP contribution is -2.40. The van der Waals surface area contributed by atoms with Crippen LogP contribution >= 0.6 is 0 Å². The van der Waals surface area contributed by atoms with Gasteiger partial charge >= 0.3 is 12.2 Å². The highest BCUT2D eigenvalue weighted by atomic mass is 19.4. The third-order valence-corrected chi connectivity index (χ3v) is 2.63. The number of amides is 3. The van der Waals surface area contributed by atoms with Gasteiger partial charge < -0.3 is 15.5 Å². The van der Waals surface area contributed by atoms with Gasteiger partial charge in [0, 0.05) is 23.8 Å². The van der Waals surface area contributed by atoms with Gasteiger partial charge in [0.2, 0.25) is 0 Å². The third kappa shape index (κ3) is 7.03. The van der Waals surface area contributed by atoms with Crippen molar-refractivity contribution in [3.05, 3.63) is 29.8 Å². The van der Waals surface area contributed by atoms with Crippen LogP contribution < -0.4 is 10.6 Å². The van der Waals surface area contributed by atoms with Crippen molar-refractivity contribution in [1.82, 2.24) is 10.2 Å². The molecule has 0 aliphatic carbocycles. The van der Waals surface area contributed by atoms with Crippen molar-refractivity contribution in [2.45, 2.75) is 32.5 Å². The highest BCUT2D eigenvalue weighted by Crippen LogP contribution is 2.17. The summed E-state index contributed by atoms with van der Waals surface area (Å²) in [5.41, 5.74) is 0.116. The van der Waals surface area contributed by atoms with E-state index in [1.807, 2.05) is 20.8 Å². The zero-order valence-electron chi connectivity index (χ0n) is 13.4. The summed E-state index contributed by atoms with van der Waals surface area (Å²) in [4.78, 5) is 24.3. The fourth-order valence-corrected chi connectivity index (χ4v) is 1.71. The number of hydrogen-bond acceptors (Lipinski definition) is 2. The number of carbonyl (C=O) groups is 2. The van der Waals surface area contributed by atoms with Crippen molar-refractivity contribution < 1.29 is 22.8 Å². The Hall–Kier alpha value is -2.25. The fourth-order valence-electron chi connectivity index (χ4n) is 1.71. The molecule has 0 spiro atoms. The molecule has 0 radical (unpaired) electrons. The van der Waals surface area contributed by atoms with Crippen LogP contribution in [0.25, 0.3) is 0 Å². The van der Waals surface area contributed by atoms with E-state index in [2.05, 4.69) is 10.6 Å². The molecular weight excluding hydrogens is 311 g/mol. The lowest BCUT2D eigenvalue weighted by atomic mass is 10.1. The first kappa shape index (κ1) is 18.8. The second-order valence-electron chi connectivity index (χ2n) is 6.19. The monoisotopic (exact) mass is 331 g/mol. The van der Waals surface area contributed by atoms with Crippen LogP contribution in [0.5, 0.6) is 0 Å². The highest BCUT2D eigenvalue weighted by molar-refractivity contribution is 5.97. The summed E-state index contributed by atoms with van der Waals surface area (Å²) >= 11 is 0. The summed E-state index contributed by atoms with van der Waals surface area (Å²) in [6.45, 7) is 4.11. The SMILES string of the molecule is CN(CC(F)(F)F)C(=O)Nc1cccc(C(=O)NC(C)(C)C)c1. The van der Waals surface area contributed by atoms with Gasteiger partial charge in [-0.25, -0.2) is 4.79 Å². The van der Waals surface area contributed by atoms with Gasteiger partial charge in [-0.2, -0.15) is 13.2 Å². The molecule has 0 aliphatic rings. The Morgan fingerprint density at radius 2 is 1.78 bits per heavy atom. The molecule has 2 N–H and O–H groups in total. The molecule has 128 valence electrons. The molecule has 0 aliphatic heterocycles. The van der Waals surface area contributed by atoms with Gasteiger partial charge in [-0.05, 0) is 39.0 Å². The molecule has 1 rings (SSSR count). The Balaban J connectivity index is 2.77. The van der Waals surface area contributed by atoms with Crippen LogP contribution in [0.1, 0.15) is 31.1 Å². The van der Waals surface area contributed by atoms with Crippen LogP contribution in [0.2, 0.25) is 0 Å². The molecule has 3 amide bonds. The van der Waals surface area contributed by atoms with Gasteiger partial charge in [-0.3, -0.25) is 4.79 Å². The standard InChI is InChI=1S/C15H20F3N3O2/c1-14(2,3)20-12(22)10-6-5-7-11(8-10)19-13(23)21(4)9-15(16,17)18/h5-8H,9H2,1-4H3,(H,19,23)(H,20,22). The van der Waals surface area contributed by atoms with E-state index in [9.17, 15) is 22.8 Å². The summed E-state index contributed by atoms with van der Waals surface area (Å²) in [5.74, 6) is -0.336. The van der Waals surface area contributed by atoms with Crippen molar-refractivity contribution >= 4 is 17.6 Å². The predicted molar refractivity (Wildman–Crippen MR) is 81.4 cm³/mol. The van der Waals surface area contributed by atoms with E-state index in [4.69, 9.17) is 0 Å². The number of halogens is 3. The molecule has 0 aromatic heterocycles. The Labute approximate surface area is 132 Å². The van der Waals surface area contributed by atoms with Crippen molar-refractivity contribution in [1.29, 1.82) is 0 Å². The Kier molecular flexibility index (Phi) is 5.63. The molecule has 8 heteroatoms. The van der Waals surface area contributed by atoms with Crippen LogP contribution in [0.3, 0.4) is 0 Å². The van der Waals surface area contributed by atoms with Gasteiger partial charge in [-0.1, -0.05) is 6.07 Å². The Morgan fingerprint density at radius 3 is 2.30 bits per heavy atom. The molecular formula is C15H20F3N3O2. The average Bonchev–Trinajstić information content (AvgIpc) is 2.35. The summed E-state index contributed by atoms with van der Waals surface area (Å²) in [6.07, 6.45) is -4.47. The molecule has 0 atom stereocenters. The maximum atomic E-state index is 12.3. The minimum atomic E-state index is -4.47. The number of nitrogens with zero attached hydrogens (tertiary/aromatic N) is 1. The minimum Gasteiger partial charge on any atom is -0.347 e. The fraction of sp³-hybridized carbons (Fsp3) is 0.467. The van der Waals surface area contributed by atoms with Gasteiger partial charge in [-0.15, -0.1) is 0 Å². The average molecular weight is 331 g/mol. The summed E-state index contributed by atoms with van der Waals surface area (Å²) in [7, 11) is 1.04. The first-order chi connectivity index (χ1) is 10.4. The Bertz CT molecular complexity index is 580. The molecule has 0 heterocycles. The zero-order valence-corrected chi connectivity index (χ0v) is 13.4. The molecule has 0 unspecified atom stereocenters. The minimum absolute atomic E-state index is 0.241. The van der Waals surface area contributed by atoms with E-state index >= 15 is 0 Å². The van der Waals surface area contributed by atoms with Gasteiger partial charge in [0.05, 0.1) is 0 Å². The van der Waals surface area contributed by atoms with Crippen LogP contribution in [0, 0.1) is 0 Å². The molecule has 5 nitrogen and oxygen atoms in total. The zero-order chi connectivity index (χ0) is 17.8. The molecule has 0 saturated heterocycles. The number of urea groups is 1. The molecule has 23 heavy (non-hydrogen) atoms. The smallest absolute Gasteiger partial charge is 0.347 e. The van der Waals surface area contributed by atoms with E-state index < -0.39 is 24.3 Å². The van der Waals surface area contributed by atoms with Crippen molar-refractivity contribution in [2.75, 3.05) is 18.9 Å². The van der Waals surface area contributed by atoms with Crippen LogP contribution in [0.15, 0.2) is 24.3 Å². The number of carbonyl (C=O) groups excluding carboxylic acids is 2. The third-order valence-electron chi connectivity index (χ3n) is 2.63. The van der Waals surface area contributed by atoms with E-state index in [0.717, 1.165) is 7.05 Å². The van der Waals surface area contributed by atoms with E-state index in [1.54, 1.807) is 6.07 Å². The van der Waals surface area contributed by atoms with Crippen molar-refractivity contribution in [3.8, 4) is 0 Å². The number of rotatable bonds is 3. The molecule has 0 bridgehead atoms. The van der Waals surface area contributed by atoms with Crippen LogP contribution in [-0.2, 0) is 0 Å². The van der Waals surface area contributed by atoms with Crippen molar-refractivity contribution in [2.24, 2.45) is 0 Å². The summed E-state index contributed by atoms with van der Waals surface area (Å²) in [5, 5.41) is 5.09. The van der Waals surface area contributed by atoms with E-state index in [1.165, 1.54) is 18.2 Å². The molecule has 1 aromatic rings. The maximum absolute atomic E-state index is 12.3. The summed E-state index contributed by atoms with van der Waals surface area (Å²) < 4.78 is 36.8.